The molecule has 0 fully saturated rings. The summed E-state index contributed by atoms with van der Waals surface area (Å²) in [7, 11) is -1.60. The minimum Gasteiger partial charge on any atom is -0.462 e. The van der Waals surface area contributed by atoms with Crippen molar-refractivity contribution in [2.24, 2.45) is 0 Å². The van der Waals surface area contributed by atoms with Crippen molar-refractivity contribution in [1.82, 2.24) is 0 Å². The van der Waals surface area contributed by atoms with Gasteiger partial charge in [-0.3, -0.25) is 4.79 Å². The van der Waals surface area contributed by atoms with Crippen molar-refractivity contribution in [3.05, 3.63) is 0 Å². The van der Waals surface area contributed by atoms with Gasteiger partial charge in [-0.25, -0.2) is 0 Å². The van der Waals surface area contributed by atoms with E-state index in [2.05, 4.69) is 39.5 Å². The fourth-order valence-electron chi connectivity index (χ4n) is 4.04. The molecule has 0 amide bonds. The molecule has 0 N–H and O–H groups in total. The summed E-state index contributed by atoms with van der Waals surface area (Å²) in [6.45, 7) is 9.08. The van der Waals surface area contributed by atoms with Crippen LogP contribution >= 0.6 is 0 Å². The number of rotatable bonds is 9. The van der Waals surface area contributed by atoms with Crippen molar-refractivity contribution < 1.29 is 14.0 Å². The lowest BCUT2D eigenvalue weighted by Gasteiger charge is -2.33. The fourth-order valence-corrected chi connectivity index (χ4v) is 6.95. The molecule has 0 aromatic carbocycles. The third-order valence-corrected chi connectivity index (χ3v) is 10.9. The Bertz CT molecular complexity index is 468. The number of ether oxygens (including phenoxy) is 1. The maximum absolute atomic E-state index is 12.2. The number of carbonyl (C=O) groups excluding carboxylic acids is 1. The van der Waals surface area contributed by atoms with Gasteiger partial charge in [-0.05, 0) is 50.2 Å². The zero-order valence-corrected chi connectivity index (χ0v) is 20.0. The molecular formula is C24H44O3Si. The van der Waals surface area contributed by atoms with Crippen molar-refractivity contribution in [3.63, 3.8) is 0 Å². The summed E-state index contributed by atoms with van der Waals surface area (Å²) >= 11 is 0. The summed E-state index contributed by atoms with van der Waals surface area (Å²) in [4.78, 5) is 12.2. The van der Waals surface area contributed by atoms with Crippen LogP contribution in [-0.2, 0) is 14.0 Å². The second-order valence-electron chi connectivity index (χ2n) is 8.29. The number of esters is 1. The van der Waals surface area contributed by atoms with Crippen molar-refractivity contribution in [2.75, 3.05) is 0 Å². The summed E-state index contributed by atoms with van der Waals surface area (Å²) in [5.41, 5.74) is 0. The Hall–Kier alpha value is -0.793. The molecule has 0 aliphatic carbocycles. The van der Waals surface area contributed by atoms with Gasteiger partial charge in [-0.2, -0.15) is 0 Å². The van der Waals surface area contributed by atoms with Crippen molar-refractivity contribution in [1.29, 1.82) is 0 Å². The van der Waals surface area contributed by atoms with Gasteiger partial charge >= 0.3 is 5.97 Å². The number of unbranched alkanes of at least 4 members (excludes halogenated alkanes) is 2. The van der Waals surface area contributed by atoms with Gasteiger partial charge in [0.1, 0.15) is 6.10 Å². The van der Waals surface area contributed by atoms with Gasteiger partial charge in [-0.1, -0.05) is 53.4 Å². The Morgan fingerprint density at radius 2 is 1.71 bits per heavy atom. The van der Waals surface area contributed by atoms with Gasteiger partial charge < -0.3 is 9.16 Å². The molecule has 162 valence electrons. The standard InChI is InChI=1S/C24H44O3Si/c1-5-9-12-17-22-18-13-10-14-19-23(27-28(6-2,7-3)8-4)20-15-11-16-21-24(25)26-22/h22-23H,5-10,12-14,16-21H2,1-4H3. The molecule has 2 unspecified atom stereocenters. The van der Waals surface area contributed by atoms with Gasteiger partial charge in [0.05, 0.1) is 12.5 Å². The second kappa shape index (κ2) is 15.1. The maximum Gasteiger partial charge on any atom is 0.307 e. The van der Waals surface area contributed by atoms with E-state index >= 15 is 0 Å². The molecule has 0 saturated heterocycles. The van der Waals surface area contributed by atoms with Gasteiger partial charge in [0.25, 0.3) is 0 Å². The highest BCUT2D eigenvalue weighted by molar-refractivity contribution is 6.73. The number of carbonyl (C=O) groups is 1. The third kappa shape index (κ3) is 10.1. The number of hydrogen-bond acceptors (Lipinski definition) is 3. The first-order chi connectivity index (χ1) is 13.6. The lowest BCUT2D eigenvalue weighted by molar-refractivity contribution is -0.149. The Morgan fingerprint density at radius 3 is 2.39 bits per heavy atom. The van der Waals surface area contributed by atoms with Crippen LogP contribution in [0.3, 0.4) is 0 Å². The summed E-state index contributed by atoms with van der Waals surface area (Å²) in [5, 5.41) is 0. The molecule has 0 radical (unpaired) electrons. The largest absolute Gasteiger partial charge is 0.462 e. The first kappa shape index (κ1) is 25.2. The molecule has 0 spiro atoms. The maximum atomic E-state index is 12.2. The molecule has 28 heavy (non-hydrogen) atoms. The van der Waals surface area contributed by atoms with E-state index in [1.165, 1.54) is 43.8 Å². The van der Waals surface area contributed by atoms with Crippen LogP contribution in [0.4, 0.5) is 0 Å². The Kier molecular flexibility index (Phi) is 13.6. The highest BCUT2D eigenvalue weighted by Gasteiger charge is 2.31. The van der Waals surface area contributed by atoms with Gasteiger partial charge in [0.2, 0.25) is 0 Å². The van der Waals surface area contributed by atoms with E-state index in [9.17, 15) is 4.79 Å². The molecule has 1 heterocycles. The number of hydrogen-bond donors (Lipinski definition) is 0. The van der Waals surface area contributed by atoms with Crippen LogP contribution in [0.2, 0.25) is 18.1 Å². The monoisotopic (exact) mass is 408 g/mol. The lowest BCUT2D eigenvalue weighted by Crippen LogP contribution is -2.39. The van der Waals surface area contributed by atoms with E-state index in [-0.39, 0.29) is 18.2 Å². The van der Waals surface area contributed by atoms with Crippen LogP contribution in [0.25, 0.3) is 0 Å². The molecule has 1 aliphatic heterocycles. The third-order valence-electron chi connectivity index (χ3n) is 6.24. The topological polar surface area (TPSA) is 35.5 Å². The minimum atomic E-state index is -1.60. The Balaban J connectivity index is 2.67. The summed E-state index contributed by atoms with van der Waals surface area (Å²) < 4.78 is 12.5. The van der Waals surface area contributed by atoms with Crippen LogP contribution in [0.15, 0.2) is 0 Å². The van der Waals surface area contributed by atoms with Gasteiger partial charge in [0.15, 0.2) is 8.32 Å². The molecule has 0 saturated carbocycles. The SMILES string of the molecule is CCCCCC1CCCCCC(O[Si](CC)(CC)CC)CC#CCCC(=O)O1. The second-order valence-corrected chi connectivity index (χ2v) is 13.0. The van der Waals surface area contributed by atoms with Crippen LogP contribution in [0.5, 0.6) is 0 Å². The molecule has 4 heteroatoms. The van der Waals surface area contributed by atoms with E-state index in [1.54, 1.807) is 0 Å². The molecule has 1 aliphatic rings. The molecule has 0 aromatic heterocycles. The molecule has 0 aromatic rings. The van der Waals surface area contributed by atoms with Crippen LogP contribution < -0.4 is 0 Å². The highest BCUT2D eigenvalue weighted by atomic mass is 28.4. The van der Waals surface area contributed by atoms with E-state index in [0.717, 1.165) is 38.5 Å². The summed E-state index contributed by atoms with van der Waals surface area (Å²) in [6, 6.07) is 3.57. The first-order valence-electron chi connectivity index (χ1n) is 11.9. The lowest BCUT2D eigenvalue weighted by atomic mass is 10.0. The Labute approximate surface area is 175 Å². The summed E-state index contributed by atoms with van der Waals surface area (Å²) in [6.07, 6.45) is 12.4. The molecule has 0 bridgehead atoms. The van der Waals surface area contributed by atoms with Crippen molar-refractivity contribution in [2.45, 2.75) is 135 Å². The van der Waals surface area contributed by atoms with E-state index in [4.69, 9.17) is 9.16 Å². The van der Waals surface area contributed by atoms with Crippen LogP contribution in [0, 0.1) is 11.8 Å². The quantitative estimate of drug-likeness (QED) is 0.178. The smallest absolute Gasteiger partial charge is 0.307 e. The predicted molar refractivity (Wildman–Crippen MR) is 121 cm³/mol. The normalized spacial score (nSPS) is 22.6. The van der Waals surface area contributed by atoms with Crippen LogP contribution in [-0.4, -0.2) is 26.5 Å². The molecular weight excluding hydrogens is 364 g/mol. The molecule has 1 rings (SSSR count). The van der Waals surface area contributed by atoms with Crippen molar-refractivity contribution >= 4 is 14.3 Å². The van der Waals surface area contributed by atoms with Gasteiger partial charge in [-0.15, -0.1) is 11.8 Å². The number of cyclic esters (lactones) is 1. The zero-order valence-electron chi connectivity index (χ0n) is 19.0. The average molecular weight is 409 g/mol. The van der Waals surface area contributed by atoms with E-state index in [1.807, 2.05) is 0 Å². The summed E-state index contributed by atoms with van der Waals surface area (Å²) in [5.74, 6) is 6.41. The van der Waals surface area contributed by atoms with Gasteiger partial charge in [0, 0.05) is 12.8 Å². The molecule has 2 atom stereocenters. The van der Waals surface area contributed by atoms with E-state index < -0.39 is 8.32 Å². The van der Waals surface area contributed by atoms with E-state index in [0.29, 0.717) is 12.8 Å². The molecule has 3 nitrogen and oxygen atoms in total. The predicted octanol–water partition coefficient (Wildman–Crippen LogP) is 7.01. The Morgan fingerprint density at radius 1 is 1.00 bits per heavy atom. The zero-order chi connectivity index (χ0) is 20.7. The van der Waals surface area contributed by atoms with Crippen molar-refractivity contribution in [3.8, 4) is 11.8 Å². The first-order valence-corrected chi connectivity index (χ1v) is 14.4. The van der Waals surface area contributed by atoms with Crippen LogP contribution in [0.1, 0.15) is 105 Å². The fraction of sp³-hybridized carbons (Fsp3) is 0.875. The minimum absolute atomic E-state index is 0.0740. The highest BCUT2D eigenvalue weighted by Crippen LogP contribution is 2.26. The average Bonchev–Trinajstić information content (AvgIpc) is 2.70.